The average molecular weight is 435 g/mol. The predicted octanol–water partition coefficient (Wildman–Crippen LogP) is 4.80. The molecule has 0 aliphatic heterocycles. The maximum absolute atomic E-state index is 13.0. The van der Waals surface area contributed by atoms with Crippen molar-refractivity contribution in [3.8, 4) is 5.75 Å². The first-order valence-electron chi connectivity index (χ1n) is 9.63. The van der Waals surface area contributed by atoms with Crippen LogP contribution in [0.3, 0.4) is 0 Å². The molecule has 2 N–H and O–H groups in total. The average Bonchev–Trinajstić information content (AvgIpc) is 2.73. The van der Waals surface area contributed by atoms with Crippen molar-refractivity contribution in [1.29, 1.82) is 0 Å². The molecule has 4 aromatic rings. The number of anilines is 3. The Hall–Kier alpha value is -3.65. The van der Waals surface area contributed by atoms with Gasteiger partial charge in [-0.15, -0.1) is 0 Å². The van der Waals surface area contributed by atoms with E-state index >= 15 is 0 Å². The fourth-order valence-corrected chi connectivity index (χ4v) is 4.29. The number of rotatable bonds is 6. The summed E-state index contributed by atoms with van der Waals surface area (Å²) in [6, 6.07) is 19.4. The van der Waals surface area contributed by atoms with E-state index in [4.69, 9.17) is 4.74 Å². The number of hydrogen-bond acceptors (Lipinski definition) is 6. The fraction of sp³-hybridized carbons (Fsp3) is 0.130. The molecule has 0 saturated heterocycles. The van der Waals surface area contributed by atoms with Crippen molar-refractivity contribution in [3.05, 3.63) is 77.9 Å². The molecule has 8 heteroatoms. The van der Waals surface area contributed by atoms with E-state index in [2.05, 4.69) is 26.1 Å². The van der Waals surface area contributed by atoms with Gasteiger partial charge in [-0.05, 0) is 73.5 Å². The maximum atomic E-state index is 13.0. The Morgan fingerprint density at radius 2 is 1.39 bits per heavy atom. The molecule has 1 aromatic heterocycles. The number of nitrogens with zero attached hydrogens (tertiary/aromatic N) is 2. The third-order valence-corrected chi connectivity index (χ3v) is 6.01. The van der Waals surface area contributed by atoms with E-state index in [-0.39, 0.29) is 10.7 Å². The molecular weight excluding hydrogens is 412 g/mol. The molecular formula is C23H22N4O3S. The zero-order chi connectivity index (χ0) is 22.0. The molecule has 4 rings (SSSR count). The van der Waals surface area contributed by atoms with Crippen molar-refractivity contribution in [3.63, 3.8) is 0 Å². The second-order valence-electron chi connectivity index (χ2n) is 7.19. The topological polar surface area (TPSA) is 93.2 Å². The van der Waals surface area contributed by atoms with Gasteiger partial charge in [-0.2, -0.15) is 0 Å². The molecule has 0 aliphatic rings. The van der Waals surface area contributed by atoms with Crippen molar-refractivity contribution < 1.29 is 13.2 Å². The normalized spacial score (nSPS) is 11.3. The van der Waals surface area contributed by atoms with Gasteiger partial charge in [0.15, 0.2) is 11.6 Å². The monoisotopic (exact) mass is 434 g/mol. The maximum Gasteiger partial charge on any atom is 0.263 e. The van der Waals surface area contributed by atoms with E-state index in [0.29, 0.717) is 22.6 Å². The quantitative estimate of drug-likeness (QED) is 0.453. The van der Waals surface area contributed by atoms with Crippen LogP contribution in [0.5, 0.6) is 5.75 Å². The van der Waals surface area contributed by atoms with E-state index in [1.807, 2.05) is 44.2 Å². The molecule has 7 nitrogen and oxygen atoms in total. The molecule has 0 spiro atoms. The third kappa shape index (κ3) is 4.59. The molecule has 0 fully saturated rings. The number of nitrogens with one attached hydrogen (secondary N) is 2. The molecule has 3 aromatic carbocycles. The molecule has 0 atom stereocenters. The van der Waals surface area contributed by atoms with Crippen LogP contribution in [0, 0.1) is 13.8 Å². The molecule has 1 heterocycles. The first-order valence-corrected chi connectivity index (χ1v) is 11.1. The summed E-state index contributed by atoms with van der Waals surface area (Å²) < 4.78 is 33.7. The SMILES string of the molecule is COc1ccc(S(=O)(=O)Nc2nc3ccccc3nc2Nc2cc(C)cc(C)c2)cc1. The highest BCUT2D eigenvalue weighted by Gasteiger charge is 2.19. The minimum absolute atomic E-state index is 0.0978. The van der Waals surface area contributed by atoms with Gasteiger partial charge in [-0.25, -0.2) is 18.4 Å². The van der Waals surface area contributed by atoms with Crippen LogP contribution in [0.25, 0.3) is 11.0 Å². The van der Waals surface area contributed by atoms with Gasteiger partial charge in [0.25, 0.3) is 10.0 Å². The molecule has 0 amide bonds. The lowest BCUT2D eigenvalue weighted by Crippen LogP contribution is -2.16. The van der Waals surface area contributed by atoms with Crippen LogP contribution in [-0.2, 0) is 10.0 Å². The van der Waals surface area contributed by atoms with Gasteiger partial charge in [0.05, 0.1) is 23.0 Å². The van der Waals surface area contributed by atoms with E-state index in [9.17, 15) is 8.42 Å². The highest BCUT2D eigenvalue weighted by atomic mass is 32.2. The zero-order valence-electron chi connectivity index (χ0n) is 17.4. The smallest absolute Gasteiger partial charge is 0.263 e. The second kappa shape index (κ2) is 8.23. The van der Waals surface area contributed by atoms with Crippen LogP contribution >= 0.6 is 0 Å². The largest absolute Gasteiger partial charge is 0.497 e. The summed E-state index contributed by atoms with van der Waals surface area (Å²) in [5.41, 5.74) is 4.20. The Balaban J connectivity index is 1.76. The summed E-state index contributed by atoms with van der Waals surface area (Å²) in [5.74, 6) is 1.01. The van der Waals surface area contributed by atoms with Crippen LogP contribution in [0.4, 0.5) is 17.3 Å². The summed E-state index contributed by atoms with van der Waals surface area (Å²) in [7, 11) is -2.36. The lowest BCUT2D eigenvalue weighted by molar-refractivity contribution is 0.414. The number of para-hydroxylation sites is 2. The van der Waals surface area contributed by atoms with Gasteiger partial charge in [0.2, 0.25) is 0 Å². The number of benzene rings is 3. The Kier molecular flexibility index (Phi) is 5.48. The van der Waals surface area contributed by atoms with Crippen LogP contribution in [0.2, 0.25) is 0 Å². The lowest BCUT2D eigenvalue weighted by atomic mass is 10.1. The van der Waals surface area contributed by atoms with Crippen LogP contribution in [0.15, 0.2) is 71.6 Å². The second-order valence-corrected chi connectivity index (χ2v) is 8.87. The van der Waals surface area contributed by atoms with Gasteiger partial charge < -0.3 is 10.1 Å². The number of ether oxygens (including phenoxy) is 1. The molecule has 0 bridgehead atoms. The highest BCUT2D eigenvalue weighted by Crippen LogP contribution is 2.28. The van der Waals surface area contributed by atoms with E-state index in [1.54, 1.807) is 18.2 Å². The van der Waals surface area contributed by atoms with Gasteiger partial charge in [0, 0.05) is 5.69 Å². The van der Waals surface area contributed by atoms with E-state index in [1.165, 1.54) is 19.2 Å². The molecule has 0 saturated carbocycles. The summed E-state index contributed by atoms with van der Waals surface area (Å²) in [4.78, 5) is 9.23. The lowest BCUT2D eigenvalue weighted by Gasteiger charge is -2.15. The van der Waals surface area contributed by atoms with Gasteiger partial charge in [-0.1, -0.05) is 18.2 Å². The number of aryl methyl sites for hydroxylation is 2. The van der Waals surface area contributed by atoms with Crippen LogP contribution in [-0.4, -0.2) is 25.5 Å². The Morgan fingerprint density at radius 1 is 0.806 bits per heavy atom. The Labute approximate surface area is 181 Å². The molecule has 0 unspecified atom stereocenters. The minimum atomic E-state index is -3.89. The van der Waals surface area contributed by atoms with Crippen molar-refractivity contribution in [2.75, 3.05) is 17.1 Å². The molecule has 158 valence electrons. The summed E-state index contributed by atoms with van der Waals surface area (Å²) >= 11 is 0. The van der Waals surface area contributed by atoms with E-state index in [0.717, 1.165) is 16.8 Å². The third-order valence-electron chi connectivity index (χ3n) is 4.66. The molecule has 0 radical (unpaired) electrons. The summed E-state index contributed by atoms with van der Waals surface area (Å²) in [6.07, 6.45) is 0. The highest BCUT2D eigenvalue weighted by molar-refractivity contribution is 7.92. The van der Waals surface area contributed by atoms with Crippen molar-refractivity contribution >= 4 is 38.4 Å². The Morgan fingerprint density at radius 3 is 1.97 bits per heavy atom. The number of fused-ring (bicyclic) bond motifs is 1. The number of aromatic nitrogens is 2. The van der Waals surface area contributed by atoms with Gasteiger partial charge >= 0.3 is 0 Å². The zero-order valence-corrected chi connectivity index (χ0v) is 18.2. The number of sulfonamides is 1. The predicted molar refractivity (Wildman–Crippen MR) is 123 cm³/mol. The van der Waals surface area contributed by atoms with Gasteiger partial charge in [0.1, 0.15) is 5.75 Å². The summed E-state index contributed by atoms with van der Waals surface area (Å²) in [5, 5.41) is 3.22. The first kappa shape index (κ1) is 20.6. The van der Waals surface area contributed by atoms with Crippen LogP contribution in [0.1, 0.15) is 11.1 Å². The number of methoxy groups -OCH3 is 1. The number of hydrogen-bond donors (Lipinski definition) is 2. The standard InChI is InChI=1S/C23H22N4O3S/c1-15-12-16(2)14-17(13-15)24-22-23(26-21-7-5-4-6-20(21)25-22)27-31(28,29)19-10-8-18(30-3)9-11-19/h4-14H,1-3H3,(H,24,25)(H,26,27). The van der Waals surface area contributed by atoms with Crippen molar-refractivity contribution in [2.45, 2.75) is 18.7 Å². The summed E-state index contributed by atoms with van der Waals surface area (Å²) in [6.45, 7) is 4.00. The van der Waals surface area contributed by atoms with Crippen molar-refractivity contribution in [1.82, 2.24) is 9.97 Å². The fourth-order valence-electron chi connectivity index (χ4n) is 3.28. The van der Waals surface area contributed by atoms with E-state index < -0.39 is 10.0 Å². The Bertz CT molecular complexity index is 1330. The molecule has 31 heavy (non-hydrogen) atoms. The molecule has 0 aliphatic carbocycles. The first-order chi connectivity index (χ1) is 14.8. The van der Waals surface area contributed by atoms with Crippen molar-refractivity contribution in [2.24, 2.45) is 0 Å². The minimum Gasteiger partial charge on any atom is -0.497 e. The van der Waals surface area contributed by atoms with Gasteiger partial charge in [-0.3, -0.25) is 4.72 Å². The van der Waals surface area contributed by atoms with Crippen LogP contribution < -0.4 is 14.8 Å².